The molecule has 0 aromatic heterocycles. The summed E-state index contributed by atoms with van der Waals surface area (Å²) in [6.45, 7) is 2.05. The highest BCUT2D eigenvalue weighted by atomic mass is 16.5. The minimum Gasteiger partial charge on any atom is -0.494 e. The van der Waals surface area contributed by atoms with Crippen molar-refractivity contribution in [3.63, 3.8) is 0 Å². The maximum absolute atomic E-state index is 11.0. The molecule has 0 saturated heterocycles. The molecular weight excluding hydrogens is 192 g/mol. The summed E-state index contributed by atoms with van der Waals surface area (Å²) in [6.07, 6.45) is 2.12. The van der Waals surface area contributed by atoms with E-state index in [4.69, 9.17) is 4.74 Å². The van der Waals surface area contributed by atoms with Gasteiger partial charge in [-0.2, -0.15) is 0 Å². The van der Waals surface area contributed by atoms with Gasteiger partial charge < -0.3 is 9.53 Å². The van der Waals surface area contributed by atoms with E-state index in [2.05, 4.69) is 0 Å². The van der Waals surface area contributed by atoms with Crippen LogP contribution in [0.4, 0.5) is 0 Å². The van der Waals surface area contributed by atoms with E-state index >= 15 is 0 Å². The molecule has 80 valence electrons. The predicted octanol–water partition coefficient (Wildman–Crippen LogP) is 2.25. The molecule has 0 spiro atoms. The second-order valence-corrected chi connectivity index (χ2v) is 3.24. The Balaban J connectivity index is 2.42. The molecule has 0 amide bonds. The third-order valence-electron chi connectivity index (χ3n) is 2.00. The van der Waals surface area contributed by atoms with Crippen molar-refractivity contribution in [2.24, 2.45) is 0 Å². The summed E-state index contributed by atoms with van der Waals surface area (Å²) in [4.78, 5) is 21.0. The molecule has 1 rings (SSSR count). The first kappa shape index (κ1) is 11.4. The zero-order chi connectivity index (χ0) is 11.1. The van der Waals surface area contributed by atoms with Crippen LogP contribution in [0.1, 0.15) is 30.1 Å². The van der Waals surface area contributed by atoms with E-state index in [1.807, 2.05) is 0 Å². The Morgan fingerprint density at radius 2 is 2.00 bits per heavy atom. The lowest BCUT2D eigenvalue weighted by Gasteiger charge is -2.04. The lowest BCUT2D eigenvalue weighted by Crippen LogP contribution is -1.98. The number of carbonyl (C=O) groups excluding carboxylic acids is 2. The van der Waals surface area contributed by atoms with Gasteiger partial charge in [0.05, 0.1) is 6.61 Å². The number of Topliss-reactive ketones (excluding diaryl/α,β-unsaturated/α-hetero) is 1. The van der Waals surface area contributed by atoms with Crippen molar-refractivity contribution in [3.05, 3.63) is 29.8 Å². The van der Waals surface area contributed by atoms with Gasteiger partial charge in [0.2, 0.25) is 0 Å². The van der Waals surface area contributed by atoms with E-state index in [9.17, 15) is 9.59 Å². The summed E-state index contributed by atoms with van der Waals surface area (Å²) in [5, 5.41) is 0. The minimum absolute atomic E-state index is 0.0440. The highest BCUT2D eigenvalue weighted by molar-refractivity contribution is 5.94. The monoisotopic (exact) mass is 206 g/mol. The van der Waals surface area contributed by atoms with Crippen molar-refractivity contribution < 1.29 is 14.3 Å². The zero-order valence-corrected chi connectivity index (χ0v) is 8.73. The second-order valence-electron chi connectivity index (χ2n) is 3.24. The van der Waals surface area contributed by atoms with Gasteiger partial charge in [-0.25, -0.2) is 0 Å². The fourth-order valence-electron chi connectivity index (χ4n) is 1.14. The Kier molecular flexibility index (Phi) is 4.54. The normalized spacial score (nSPS) is 9.67. The average molecular weight is 206 g/mol. The molecule has 0 N–H and O–H groups in total. The van der Waals surface area contributed by atoms with Crippen LogP contribution in [0.25, 0.3) is 0 Å². The van der Waals surface area contributed by atoms with Crippen LogP contribution < -0.4 is 4.74 Å². The molecular formula is C12H14O3. The van der Waals surface area contributed by atoms with Crippen molar-refractivity contribution in [1.29, 1.82) is 0 Å². The molecule has 0 bridgehead atoms. The second kappa shape index (κ2) is 5.96. The van der Waals surface area contributed by atoms with E-state index in [0.29, 0.717) is 18.6 Å². The first-order valence-electron chi connectivity index (χ1n) is 4.91. The van der Waals surface area contributed by atoms with Crippen molar-refractivity contribution >= 4 is 12.1 Å². The van der Waals surface area contributed by atoms with Gasteiger partial charge in [0.15, 0.2) is 5.78 Å². The molecule has 0 saturated carbocycles. The SMILES string of the molecule is CC(=O)c1ccc(OCCCC=O)cc1. The molecule has 1 aromatic rings. The Labute approximate surface area is 89.1 Å². The van der Waals surface area contributed by atoms with Gasteiger partial charge in [0, 0.05) is 12.0 Å². The Morgan fingerprint density at radius 3 is 2.53 bits per heavy atom. The summed E-state index contributed by atoms with van der Waals surface area (Å²) in [5.41, 5.74) is 0.676. The Bertz CT molecular complexity index is 327. The Morgan fingerprint density at radius 1 is 1.33 bits per heavy atom. The highest BCUT2D eigenvalue weighted by Gasteiger charge is 1.99. The van der Waals surface area contributed by atoms with Crippen LogP contribution in [0.2, 0.25) is 0 Å². The fourth-order valence-corrected chi connectivity index (χ4v) is 1.14. The van der Waals surface area contributed by atoms with Crippen LogP contribution >= 0.6 is 0 Å². The van der Waals surface area contributed by atoms with Crippen molar-refractivity contribution in [2.45, 2.75) is 19.8 Å². The van der Waals surface area contributed by atoms with Gasteiger partial charge in [-0.3, -0.25) is 4.79 Å². The van der Waals surface area contributed by atoms with Crippen molar-refractivity contribution in [2.75, 3.05) is 6.61 Å². The molecule has 0 atom stereocenters. The molecule has 3 nitrogen and oxygen atoms in total. The van der Waals surface area contributed by atoms with Crippen LogP contribution in [0.5, 0.6) is 5.75 Å². The first-order valence-corrected chi connectivity index (χ1v) is 4.91. The van der Waals surface area contributed by atoms with Gasteiger partial charge in [-0.05, 0) is 37.6 Å². The molecule has 0 heterocycles. The number of ether oxygens (including phenoxy) is 1. The third kappa shape index (κ3) is 3.94. The van der Waals surface area contributed by atoms with E-state index in [1.165, 1.54) is 6.92 Å². The molecule has 0 aliphatic heterocycles. The fraction of sp³-hybridized carbons (Fsp3) is 0.333. The van der Waals surface area contributed by atoms with Gasteiger partial charge in [0.25, 0.3) is 0 Å². The first-order chi connectivity index (χ1) is 7.24. The van der Waals surface area contributed by atoms with Crippen molar-refractivity contribution in [3.8, 4) is 5.75 Å². The number of unbranched alkanes of at least 4 members (excludes halogenated alkanes) is 1. The average Bonchev–Trinajstić information content (AvgIpc) is 2.25. The van der Waals surface area contributed by atoms with Crippen LogP contribution in [0.15, 0.2) is 24.3 Å². The summed E-state index contributed by atoms with van der Waals surface area (Å²) in [7, 11) is 0. The molecule has 0 aliphatic rings. The number of rotatable bonds is 6. The van der Waals surface area contributed by atoms with Gasteiger partial charge in [-0.15, -0.1) is 0 Å². The van der Waals surface area contributed by atoms with E-state index < -0.39 is 0 Å². The molecule has 0 fully saturated rings. The van der Waals surface area contributed by atoms with Gasteiger partial charge in [-0.1, -0.05) is 0 Å². The largest absolute Gasteiger partial charge is 0.494 e. The van der Waals surface area contributed by atoms with Crippen molar-refractivity contribution in [1.82, 2.24) is 0 Å². The van der Waals surface area contributed by atoms with Crippen LogP contribution in [0, 0.1) is 0 Å². The number of hydrogen-bond donors (Lipinski definition) is 0. The third-order valence-corrected chi connectivity index (χ3v) is 2.00. The maximum atomic E-state index is 11.0. The van der Waals surface area contributed by atoms with Crippen LogP contribution in [0.3, 0.4) is 0 Å². The molecule has 0 unspecified atom stereocenters. The van der Waals surface area contributed by atoms with E-state index in [0.717, 1.165) is 18.5 Å². The lowest BCUT2D eigenvalue weighted by atomic mass is 10.1. The predicted molar refractivity (Wildman–Crippen MR) is 57.2 cm³/mol. The summed E-state index contributed by atoms with van der Waals surface area (Å²) in [6, 6.07) is 6.99. The summed E-state index contributed by atoms with van der Waals surface area (Å²) >= 11 is 0. The number of benzene rings is 1. The topological polar surface area (TPSA) is 43.4 Å². The van der Waals surface area contributed by atoms with Crippen LogP contribution in [-0.4, -0.2) is 18.7 Å². The standard InChI is InChI=1S/C12H14O3/c1-10(14)11-4-6-12(7-5-11)15-9-3-2-8-13/h4-8H,2-3,9H2,1H3. The zero-order valence-electron chi connectivity index (χ0n) is 8.73. The summed E-state index contributed by atoms with van der Waals surface area (Å²) in [5.74, 6) is 0.772. The molecule has 15 heavy (non-hydrogen) atoms. The molecule has 0 aliphatic carbocycles. The van der Waals surface area contributed by atoms with Crippen LogP contribution in [-0.2, 0) is 4.79 Å². The molecule has 1 aromatic carbocycles. The number of aldehydes is 1. The quantitative estimate of drug-likeness (QED) is 0.407. The molecule has 0 radical (unpaired) electrons. The molecule has 3 heteroatoms. The number of ketones is 1. The van der Waals surface area contributed by atoms with E-state index in [-0.39, 0.29) is 5.78 Å². The number of carbonyl (C=O) groups is 2. The van der Waals surface area contributed by atoms with Gasteiger partial charge >= 0.3 is 0 Å². The highest BCUT2D eigenvalue weighted by Crippen LogP contribution is 2.12. The van der Waals surface area contributed by atoms with Gasteiger partial charge in [0.1, 0.15) is 12.0 Å². The smallest absolute Gasteiger partial charge is 0.159 e. The number of hydrogen-bond acceptors (Lipinski definition) is 3. The minimum atomic E-state index is 0.0440. The lowest BCUT2D eigenvalue weighted by molar-refractivity contribution is -0.108. The Hall–Kier alpha value is -1.64. The summed E-state index contributed by atoms with van der Waals surface area (Å²) < 4.78 is 5.37. The van der Waals surface area contributed by atoms with E-state index in [1.54, 1.807) is 24.3 Å². The maximum Gasteiger partial charge on any atom is 0.159 e.